The minimum absolute atomic E-state index is 0.0631. The molecule has 0 spiro atoms. The van der Waals surface area contributed by atoms with Crippen LogP contribution in [0.1, 0.15) is 48.2 Å². The number of benzene rings is 2. The van der Waals surface area contributed by atoms with Gasteiger partial charge in [-0.25, -0.2) is 9.18 Å². The second-order valence-electron chi connectivity index (χ2n) is 10.7. The van der Waals surface area contributed by atoms with Gasteiger partial charge in [0.1, 0.15) is 18.3 Å². The first-order valence-electron chi connectivity index (χ1n) is 13.7. The molecule has 0 radical (unpaired) electrons. The summed E-state index contributed by atoms with van der Waals surface area (Å²) in [7, 11) is 0. The molecule has 0 bridgehead atoms. The Balaban J connectivity index is 1.33. The number of anilines is 1. The van der Waals surface area contributed by atoms with Gasteiger partial charge in [0.2, 0.25) is 17.6 Å². The van der Waals surface area contributed by atoms with Gasteiger partial charge < -0.3 is 30.2 Å². The summed E-state index contributed by atoms with van der Waals surface area (Å²) in [5.41, 5.74) is 7.71. The number of rotatable bonds is 9. The Morgan fingerprint density at radius 2 is 1.82 bits per heavy atom. The van der Waals surface area contributed by atoms with Crippen molar-refractivity contribution in [2.45, 2.75) is 56.9 Å². The number of fused-ring (bicyclic) bond motifs is 1. The van der Waals surface area contributed by atoms with Crippen molar-refractivity contribution >= 4 is 34.4 Å². The summed E-state index contributed by atoms with van der Waals surface area (Å²) in [5.74, 6) is -2.02. The number of hydrogen-bond donors (Lipinski definition) is 3. The Labute approximate surface area is 231 Å². The Kier molecular flexibility index (Phi) is 8.46. The number of nitrogens with zero attached hydrogens (tertiary/aromatic N) is 1. The molecule has 1 aliphatic heterocycles. The molecule has 1 aliphatic carbocycles. The van der Waals surface area contributed by atoms with Crippen LogP contribution in [0.4, 0.5) is 10.1 Å². The molecule has 212 valence electrons. The number of carbonyl (C=O) groups is 3. The SMILES string of the molecule is N[C@H](CF)[C@H]1CC[C@H](C(=O)N2CC[C@H](OCc3ccccc3)[C@H]2C(=O)Nc2ccc3oc(C(=O)O)cc3c2)CC1. The lowest BCUT2D eigenvalue weighted by atomic mass is 9.78. The maximum atomic E-state index is 13.7. The van der Waals surface area contributed by atoms with E-state index in [0.717, 1.165) is 5.56 Å². The molecule has 2 aliphatic rings. The lowest BCUT2D eigenvalue weighted by molar-refractivity contribution is -0.144. The fourth-order valence-corrected chi connectivity index (χ4v) is 5.87. The van der Waals surface area contributed by atoms with Crippen molar-refractivity contribution in [3.05, 3.63) is 65.9 Å². The number of ether oxygens (including phenoxy) is 1. The summed E-state index contributed by atoms with van der Waals surface area (Å²) >= 11 is 0. The fourth-order valence-electron chi connectivity index (χ4n) is 5.87. The molecule has 2 amide bonds. The number of nitrogens with one attached hydrogen (secondary N) is 1. The number of hydrogen-bond acceptors (Lipinski definition) is 6. The van der Waals surface area contributed by atoms with Gasteiger partial charge in [0.05, 0.1) is 12.7 Å². The van der Waals surface area contributed by atoms with Crippen molar-refractivity contribution < 1.29 is 33.0 Å². The molecule has 9 nitrogen and oxygen atoms in total. The lowest BCUT2D eigenvalue weighted by Crippen LogP contribution is -2.50. The lowest BCUT2D eigenvalue weighted by Gasteiger charge is -2.34. The van der Waals surface area contributed by atoms with Crippen molar-refractivity contribution in [1.82, 2.24) is 4.90 Å². The number of halogens is 1. The number of nitrogens with two attached hydrogens (primary N) is 1. The van der Waals surface area contributed by atoms with Gasteiger partial charge in [-0.15, -0.1) is 0 Å². The van der Waals surface area contributed by atoms with Crippen LogP contribution >= 0.6 is 0 Å². The molecule has 2 heterocycles. The largest absolute Gasteiger partial charge is 0.475 e. The molecular formula is C30H34FN3O6. The smallest absolute Gasteiger partial charge is 0.371 e. The van der Waals surface area contributed by atoms with Crippen LogP contribution in [0.25, 0.3) is 11.0 Å². The van der Waals surface area contributed by atoms with Crippen molar-refractivity contribution in [2.24, 2.45) is 17.6 Å². The van der Waals surface area contributed by atoms with Crippen LogP contribution in [0.15, 0.2) is 59.0 Å². The fraction of sp³-hybridized carbons (Fsp3) is 0.433. The van der Waals surface area contributed by atoms with Gasteiger partial charge in [-0.3, -0.25) is 9.59 Å². The minimum Gasteiger partial charge on any atom is -0.475 e. The normalized spacial score (nSPS) is 23.7. The highest BCUT2D eigenvalue weighted by Crippen LogP contribution is 2.34. The van der Waals surface area contributed by atoms with E-state index in [-0.39, 0.29) is 29.4 Å². The number of carbonyl (C=O) groups excluding carboxylic acids is 2. The second kappa shape index (κ2) is 12.2. The minimum atomic E-state index is -1.18. The van der Waals surface area contributed by atoms with Crippen LogP contribution in [0.5, 0.6) is 0 Å². The quantitative estimate of drug-likeness (QED) is 0.360. The standard InChI is InChI=1S/C30H34FN3O6/c31-16-23(32)19-6-8-20(9-7-19)29(36)34-13-12-25(39-17-18-4-2-1-3-5-18)27(34)28(35)33-22-10-11-24-21(14-22)15-26(40-24)30(37)38/h1-5,10-11,14-15,19-20,23,25,27H,6-9,12-13,16-17,32H2,(H,33,35)(H,37,38)/t19-,20-,23-,25+,27+/m1/s1. The first-order chi connectivity index (χ1) is 19.3. The van der Waals surface area contributed by atoms with Crippen molar-refractivity contribution in [2.75, 3.05) is 18.5 Å². The Morgan fingerprint density at radius 3 is 2.52 bits per heavy atom. The van der Waals surface area contributed by atoms with Crippen molar-refractivity contribution in [1.29, 1.82) is 0 Å². The summed E-state index contributed by atoms with van der Waals surface area (Å²) in [6.45, 7) is 0.131. The number of likely N-dealkylation sites (tertiary alicyclic amines) is 1. The van der Waals surface area contributed by atoms with E-state index in [1.54, 1.807) is 23.1 Å². The average Bonchev–Trinajstić information content (AvgIpc) is 3.60. The highest BCUT2D eigenvalue weighted by molar-refractivity contribution is 6.00. The van der Waals surface area contributed by atoms with Gasteiger partial charge in [-0.1, -0.05) is 30.3 Å². The second-order valence-corrected chi connectivity index (χ2v) is 10.7. The van der Waals surface area contributed by atoms with Crippen LogP contribution in [-0.2, 0) is 20.9 Å². The predicted molar refractivity (Wildman–Crippen MR) is 146 cm³/mol. The van der Waals surface area contributed by atoms with E-state index in [1.807, 2.05) is 30.3 Å². The number of alkyl halides is 1. The van der Waals surface area contributed by atoms with E-state index in [1.165, 1.54) is 6.07 Å². The molecule has 2 aromatic carbocycles. The number of carboxylic acid groups (broad SMARTS) is 1. The Hall–Kier alpha value is -3.76. The van der Waals surface area contributed by atoms with E-state index in [2.05, 4.69) is 5.32 Å². The molecule has 0 unspecified atom stereocenters. The molecule has 3 atom stereocenters. The predicted octanol–water partition coefficient (Wildman–Crippen LogP) is 4.36. The van der Waals surface area contributed by atoms with Gasteiger partial charge in [-0.2, -0.15) is 0 Å². The zero-order valence-corrected chi connectivity index (χ0v) is 22.1. The van der Waals surface area contributed by atoms with Crippen LogP contribution in [0, 0.1) is 11.8 Å². The molecule has 1 saturated heterocycles. The number of carboxylic acids is 1. The van der Waals surface area contributed by atoms with Crippen LogP contribution in [-0.4, -0.2) is 59.2 Å². The van der Waals surface area contributed by atoms with Gasteiger partial charge >= 0.3 is 5.97 Å². The van der Waals surface area contributed by atoms with E-state index in [4.69, 9.17) is 14.9 Å². The molecule has 5 rings (SSSR count). The van der Waals surface area contributed by atoms with Crippen molar-refractivity contribution in [3.8, 4) is 0 Å². The summed E-state index contributed by atoms with van der Waals surface area (Å²) < 4.78 is 24.6. The van der Waals surface area contributed by atoms with Crippen LogP contribution < -0.4 is 11.1 Å². The Morgan fingerprint density at radius 1 is 1.07 bits per heavy atom. The average molecular weight is 552 g/mol. The summed E-state index contributed by atoms with van der Waals surface area (Å²) in [6, 6.07) is 14.6. The Bertz CT molecular complexity index is 1350. The monoisotopic (exact) mass is 551 g/mol. The van der Waals surface area contributed by atoms with Gasteiger partial charge in [0.25, 0.3) is 0 Å². The molecule has 1 saturated carbocycles. The van der Waals surface area contributed by atoms with Crippen molar-refractivity contribution in [3.63, 3.8) is 0 Å². The van der Waals surface area contributed by atoms with Gasteiger partial charge in [-0.05, 0) is 67.9 Å². The molecule has 40 heavy (non-hydrogen) atoms. The first-order valence-corrected chi connectivity index (χ1v) is 13.7. The molecule has 4 N–H and O–H groups in total. The molecule has 1 aromatic heterocycles. The highest BCUT2D eigenvalue weighted by atomic mass is 19.1. The number of furan rings is 1. The molecule has 3 aromatic rings. The number of aromatic carboxylic acids is 1. The van der Waals surface area contributed by atoms with Crippen LogP contribution in [0.3, 0.4) is 0 Å². The summed E-state index contributed by atoms with van der Waals surface area (Å²) in [6.07, 6.45) is 2.60. The van der Waals surface area contributed by atoms with E-state index in [9.17, 15) is 23.9 Å². The third-order valence-corrected chi connectivity index (χ3v) is 8.10. The third kappa shape index (κ3) is 6.03. The zero-order chi connectivity index (χ0) is 28.2. The molecule has 10 heteroatoms. The maximum absolute atomic E-state index is 13.7. The summed E-state index contributed by atoms with van der Waals surface area (Å²) in [5, 5.41) is 12.6. The first kappa shape index (κ1) is 27.8. The summed E-state index contributed by atoms with van der Waals surface area (Å²) in [4.78, 5) is 40.3. The molecule has 2 fully saturated rings. The molecular weight excluding hydrogens is 517 g/mol. The highest BCUT2D eigenvalue weighted by Gasteiger charge is 2.45. The van der Waals surface area contributed by atoms with E-state index >= 15 is 0 Å². The van der Waals surface area contributed by atoms with E-state index in [0.29, 0.717) is 61.9 Å². The van der Waals surface area contributed by atoms with Gasteiger partial charge in [0.15, 0.2) is 0 Å². The van der Waals surface area contributed by atoms with Gasteiger partial charge in [0, 0.05) is 29.6 Å². The number of amides is 2. The van der Waals surface area contributed by atoms with Crippen LogP contribution in [0.2, 0.25) is 0 Å². The third-order valence-electron chi connectivity index (χ3n) is 8.10. The maximum Gasteiger partial charge on any atom is 0.371 e. The topological polar surface area (TPSA) is 135 Å². The van der Waals surface area contributed by atoms with E-state index < -0.39 is 30.8 Å². The zero-order valence-electron chi connectivity index (χ0n) is 22.1.